The number of hydrogen-bond acceptors (Lipinski definition) is 5. The Hall–Kier alpha value is -2.30. The average molecular weight is 468 g/mol. The predicted octanol–water partition coefficient (Wildman–Crippen LogP) is 5.85. The van der Waals surface area contributed by atoms with Gasteiger partial charge in [0.2, 0.25) is 11.8 Å². The molecule has 5 nitrogen and oxygen atoms in total. The molecule has 0 radical (unpaired) electrons. The second kappa shape index (κ2) is 9.29. The molecule has 168 valence electrons. The number of amides is 2. The molecule has 7 heteroatoms. The number of carbonyl (C=O) groups excluding carboxylic acids is 2. The van der Waals surface area contributed by atoms with E-state index in [1.54, 1.807) is 11.3 Å². The van der Waals surface area contributed by atoms with Gasteiger partial charge in [-0.25, -0.2) is 0 Å². The summed E-state index contributed by atoms with van der Waals surface area (Å²) in [4.78, 5) is 26.8. The van der Waals surface area contributed by atoms with Gasteiger partial charge in [-0.3, -0.25) is 9.59 Å². The number of anilines is 2. The van der Waals surface area contributed by atoms with E-state index in [1.807, 2.05) is 24.3 Å². The summed E-state index contributed by atoms with van der Waals surface area (Å²) in [6.07, 6.45) is 4.89. The van der Waals surface area contributed by atoms with Crippen LogP contribution >= 0.6 is 23.1 Å². The van der Waals surface area contributed by atoms with Crippen molar-refractivity contribution in [1.82, 2.24) is 0 Å². The summed E-state index contributed by atoms with van der Waals surface area (Å²) >= 11 is 2.99. The quantitative estimate of drug-likeness (QED) is 0.522. The fourth-order valence-electron chi connectivity index (χ4n) is 4.10. The Balaban J connectivity index is 1.37. The van der Waals surface area contributed by atoms with Crippen molar-refractivity contribution in [2.24, 2.45) is 17.3 Å². The van der Waals surface area contributed by atoms with E-state index >= 15 is 0 Å². The number of nitrogens with one attached hydrogen (secondary N) is 2. The van der Waals surface area contributed by atoms with E-state index in [-0.39, 0.29) is 28.9 Å². The van der Waals surface area contributed by atoms with Crippen molar-refractivity contribution < 1.29 is 9.59 Å². The van der Waals surface area contributed by atoms with Gasteiger partial charge >= 0.3 is 0 Å². The van der Waals surface area contributed by atoms with Crippen molar-refractivity contribution in [2.75, 3.05) is 16.4 Å². The Kier molecular flexibility index (Phi) is 6.64. The van der Waals surface area contributed by atoms with Crippen LogP contribution in [0.15, 0.2) is 29.2 Å². The number of fused-ring (bicyclic) bond motifs is 1. The zero-order valence-electron chi connectivity index (χ0n) is 18.8. The highest BCUT2D eigenvalue weighted by Crippen LogP contribution is 2.44. The van der Waals surface area contributed by atoms with Gasteiger partial charge in [-0.2, -0.15) is 5.26 Å². The number of hydrogen-bond donors (Lipinski definition) is 2. The summed E-state index contributed by atoms with van der Waals surface area (Å²) in [5.74, 6) is 0.945. The first-order valence-electron chi connectivity index (χ1n) is 11.1. The predicted molar refractivity (Wildman–Crippen MR) is 131 cm³/mol. The maximum atomic E-state index is 12.6. The normalized spacial score (nSPS) is 17.9. The van der Waals surface area contributed by atoms with Crippen molar-refractivity contribution in [3.8, 4) is 6.07 Å². The van der Waals surface area contributed by atoms with Gasteiger partial charge in [0, 0.05) is 21.4 Å². The Morgan fingerprint density at radius 1 is 1.22 bits per heavy atom. The molecule has 0 bridgehead atoms. The van der Waals surface area contributed by atoms with Crippen LogP contribution in [0.4, 0.5) is 10.7 Å². The van der Waals surface area contributed by atoms with Crippen LogP contribution in [-0.4, -0.2) is 17.6 Å². The molecule has 1 heterocycles. The average Bonchev–Trinajstić information content (AvgIpc) is 3.53. The number of thiophene rings is 1. The molecule has 1 fully saturated rings. The largest absolute Gasteiger partial charge is 0.326 e. The van der Waals surface area contributed by atoms with Crippen LogP contribution in [0.3, 0.4) is 0 Å². The number of carbonyl (C=O) groups is 2. The van der Waals surface area contributed by atoms with E-state index in [0.29, 0.717) is 16.5 Å². The molecular formula is C25H29N3O2S2. The fraction of sp³-hybridized carbons (Fsp3) is 0.480. The monoisotopic (exact) mass is 467 g/mol. The molecule has 1 unspecified atom stereocenters. The van der Waals surface area contributed by atoms with Crippen molar-refractivity contribution in [3.63, 3.8) is 0 Å². The maximum absolute atomic E-state index is 12.6. The second-order valence-corrected chi connectivity index (χ2v) is 11.9. The minimum atomic E-state index is -0.120. The highest BCUT2D eigenvalue weighted by Gasteiger charge is 2.32. The third-order valence-corrected chi connectivity index (χ3v) is 8.44. The number of nitrogens with zero attached hydrogens (tertiary/aromatic N) is 1. The number of benzene rings is 1. The molecule has 0 spiro atoms. The van der Waals surface area contributed by atoms with Gasteiger partial charge in [0.1, 0.15) is 11.1 Å². The first-order valence-corrected chi connectivity index (χ1v) is 12.9. The molecule has 2 N–H and O–H groups in total. The summed E-state index contributed by atoms with van der Waals surface area (Å²) < 4.78 is 0. The lowest BCUT2D eigenvalue weighted by atomic mass is 9.72. The molecule has 0 saturated heterocycles. The Morgan fingerprint density at radius 3 is 2.69 bits per heavy atom. The lowest BCUT2D eigenvalue weighted by Gasteiger charge is -2.33. The third-order valence-electron chi connectivity index (χ3n) is 6.27. The number of thioether (sulfide) groups is 1. The summed E-state index contributed by atoms with van der Waals surface area (Å²) in [5, 5.41) is 16.3. The van der Waals surface area contributed by atoms with E-state index in [2.05, 4.69) is 37.5 Å². The van der Waals surface area contributed by atoms with E-state index in [9.17, 15) is 14.9 Å². The van der Waals surface area contributed by atoms with Crippen LogP contribution in [0.5, 0.6) is 0 Å². The van der Waals surface area contributed by atoms with E-state index < -0.39 is 0 Å². The van der Waals surface area contributed by atoms with E-state index in [4.69, 9.17) is 0 Å². The molecule has 2 aliphatic carbocycles. The van der Waals surface area contributed by atoms with Gasteiger partial charge in [0.05, 0.1) is 11.3 Å². The summed E-state index contributed by atoms with van der Waals surface area (Å²) in [6, 6.07) is 9.91. The molecule has 1 saturated carbocycles. The summed E-state index contributed by atoms with van der Waals surface area (Å²) in [7, 11) is 0. The van der Waals surface area contributed by atoms with Gasteiger partial charge in [-0.1, -0.05) is 26.8 Å². The van der Waals surface area contributed by atoms with Gasteiger partial charge < -0.3 is 10.6 Å². The lowest BCUT2D eigenvalue weighted by Crippen LogP contribution is -2.26. The first-order chi connectivity index (χ1) is 15.2. The van der Waals surface area contributed by atoms with Crippen molar-refractivity contribution in [3.05, 3.63) is 40.3 Å². The van der Waals surface area contributed by atoms with Gasteiger partial charge in [-0.05, 0) is 67.2 Å². The number of rotatable bonds is 6. The molecule has 0 aliphatic heterocycles. The van der Waals surface area contributed by atoms with E-state index in [1.165, 1.54) is 16.6 Å². The zero-order valence-corrected chi connectivity index (χ0v) is 20.4. The minimum absolute atomic E-state index is 0.0734. The Bertz CT molecular complexity index is 1070. The minimum Gasteiger partial charge on any atom is -0.326 e. The van der Waals surface area contributed by atoms with Gasteiger partial charge in [0.25, 0.3) is 0 Å². The molecule has 1 aromatic carbocycles. The van der Waals surface area contributed by atoms with Gasteiger partial charge in [-0.15, -0.1) is 23.1 Å². The zero-order chi connectivity index (χ0) is 22.9. The van der Waals surface area contributed by atoms with Crippen LogP contribution < -0.4 is 10.6 Å². The molecule has 32 heavy (non-hydrogen) atoms. The Labute approximate surface area is 198 Å². The van der Waals surface area contributed by atoms with Crippen LogP contribution in [0.25, 0.3) is 0 Å². The Morgan fingerprint density at radius 2 is 2.00 bits per heavy atom. The molecule has 4 rings (SSSR count). The van der Waals surface area contributed by atoms with Crippen LogP contribution in [0.1, 0.15) is 56.0 Å². The highest BCUT2D eigenvalue weighted by molar-refractivity contribution is 8.00. The third kappa shape index (κ3) is 5.36. The first kappa shape index (κ1) is 22.9. The molecular weight excluding hydrogens is 438 g/mol. The van der Waals surface area contributed by atoms with Crippen LogP contribution in [0, 0.1) is 28.6 Å². The van der Waals surface area contributed by atoms with Crippen molar-refractivity contribution in [1.29, 1.82) is 5.26 Å². The summed E-state index contributed by atoms with van der Waals surface area (Å²) in [5.41, 5.74) is 2.76. The number of nitriles is 1. The molecule has 2 amide bonds. The van der Waals surface area contributed by atoms with Crippen molar-refractivity contribution >= 4 is 45.6 Å². The smallest absolute Gasteiger partial charge is 0.235 e. The van der Waals surface area contributed by atoms with Crippen LogP contribution in [-0.2, 0) is 22.4 Å². The summed E-state index contributed by atoms with van der Waals surface area (Å²) in [6.45, 7) is 6.81. The standard InChI is InChI=1S/C25H29N3O2S2/c1-25(2,3)16-9-10-19-20(13-26)24(32-21(19)11-16)28-22(29)14-31-18-6-4-5-17(12-18)27-23(30)15-7-8-15/h4-6,12,15-16H,7-11,14H2,1-3H3,(H,27,30)(H,28,29). The molecule has 1 atom stereocenters. The molecule has 1 aromatic heterocycles. The maximum Gasteiger partial charge on any atom is 0.235 e. The van der Waals surface area contributed by atoms with Gasteiger partial charge in [0.15, 0.2) is 0 Å². The second-order valence-electron chi connectivity index (χ2n) is 9.75. The van der Waals surface area contributed by atoms with Crippen LogP contribution in [0.2, 0.25) is 0 Å². The van der Waals surface area contributed by atoms with E-state index in [0.717, 1.165) is 48.3 Å². The lowest BCUT2D eigenvalue weighted by molar-refractivity contribution is -0.117. The molecule has 2 aromatic rings. The highest BCUT2D eigenvalue weighted by atomic mass is 32.2. The topological polar surface area (TPSA) is 82.0 Å². The van der Waals surface area contributed by atoms with Crippen molar-refractivity contribution in [2.45, 2.75) is 57.8 Å². The fourth-order valence-corrected chi connectivity index (χ4v) is 6.15. The SMILES string of the molecule is CC(C)(C)C1CCc2c(sc(NC(=O)CSc3cccc(NC(=O)C4CC4)c3)c2C#N)C1. The molecule has 2 aliphatic rings.